The summed E-state index contributed by atoms with van der Waals surface area (Å²) in [5.41, 5.74) is 1.52. The summed E-state index contributed by atoms with van der Waals surface area (Å²) >= 11 is 0. The van der Waals surface area contributed by atoms with Gasteiger partial charge in [0, 0.05) is 12.4 Å². The number of nitrogens with one attached hydrogen (secondary N) is 2. The number of carbonyl (C=O) groups is 1. The van der Waals surface area contributed by atoms with E-state index < -0.39 is 0 Å². The molecule has 2 rings (SSSR count). The van der Waals surface area contributed by atoms with Gasteiger partial charge in [-0.2, -0.15) is 0 Å². The van der Waals surface area contributed by atoms with Gasteiger partial charge in [-0.1, -0.05) is 11.6 Å². The highest BCUT2D eigenvalue weighted by atomic mass is 16.1. The van der Waals surface area contributed by atoms with Crippen LogP contribution in [0.25, 0.3) is 0 Å². The number of allylic oxidation sites excluding steroid dienone is 1. The lowest BCUT2D eigenvalue weighted by Crippen LogP contribution is -2.29. The minimum Gasteiger partial charge on any atom is -0.308 e. The molecule has 0 fully saturated rings. The first-order valence-electron chi connectivity index (χ1n) is 6.79. The van der Waals surface area contributed by atoms with Crippen molar-refractivity contribution in [1.82, 2.24) is 15.3 Å². The Labute approximate surface area is 113 Å². The minimum absolute atomic E-state index is 0.0851. The third kappa shape index (κ3) is 5.18. The van der Waals surface area contributed by atoms with Gasteiger partial charge in [0.2, 0.25) is 5.91 Å². The zero-order valence-corrected chi connectivity index (χ0v) is 11.1. The van der Waals surface area contributed by atoms with Crippen molar-refractivity contribution in [1.29, 1.82) is 0 Å². The fraction of sp³-hybridized carbons (Fsp3) is 0.500. The Morgan fingerprint density at radius 2 is 2.26 bits per heavy atom. The molecule has 1 amide bonds. The number of aromatic nitrogens is 2. The largest absolute Gasteiger partial charge is 0.308 e. The molecule has 5 nitrogen and oxygen atoms in total. The maximum atomic E-state index is 11.6. The molecule has 1 aliphatic carbocycles. The van der Waals surface area contributed by atoms with E-state index in [1.807, 2.05) is 0 Å². The van der Waals surface area contributed by atoms with E-state index in [1.54, 1.807) is 12.4 Å². The van der Waals surface area contributed by atoms with Crippen LogP contribution in [0.3, 0.4) is 0 Å². The second-order valence-electron chi connectivity index (χ2n) is 4.67. The smallest absolute Gasteiger partial charge is 0.239 e. The van der Waals surface area contributed by atoms with Crippen molar-refractivity contribution < 1.29 is 4.79 Å². The SMILES string of the molecule is O=C(CNCCC1=CCCCC1)Nc1cnccn1. The molecular weight excluding hydrogens is 240 g/mol. The van der Waals surface area contributed by atoms with Gasteiger partial charge in [0.15, 0.2) is 5.82 Å². The molecule has 0 unspecified atom stereocenters. The molecule has 19 heavy (non-hydrogen) atoms. The normalized spacial score (nSPS) is 14.8. The van der Waals surface area contributed by atoms with E-state index in [1.165, 1.54) is 37.5 Å². The Bertz CT molecular complexity index is 430. The first kappa shape index (κ1) is 13.7. The summed E-state index contributed by atoms with van der Waals surface area (Å²) in [5, 5.41) is 5.84. The summed E-state index contributed by atoms with van der Waals surface area (Å²) < 4.78 is 0. The zero-order valence-electron chi connectivity index (χ0n) is 11.1. The van der Waals surface area contributed by atoms with Crippen molar-refractivity contribution >= 4 is 11.7 Å². The number of rotatable bonds is 6. The predicted molar refractivity (Wildman–Crippen MR) is 74.7 cm³/mol. The molecule has 0 spiro atoms. The molecule has 102 valence electrons. The van der Waals surface area contributed by atoms with E-state index in [4.69, 9.17) is 0 Å². The van der Waals surface area contributed by atoms with E-state index >= 15 is 0 Å². The molecule has 1 aliphatic rings. The molecule has 0 saturated heterocycles. The minimum atomic E-state index is -0.0851. The molecule has 0 atom stereocenters. The fourth-order valence-electron chi connectivity index (χ4n) is 2.13. The molecule has 0 bridgehead atoms. The number of hydrogen-bond donors (Lipinski definition) is 2. The molecule has 1 aromatic heterocycles. The number of anilines is 1. The summed E-state index contributed by atoms with van der Waals surface area (Å²) in [5.74, 6) is 0.405. The first-order valence-corrected chi connectivity index (χ1v) is 6.79. The van der Waals surface area contributed by atoms with Crippen molar-refractivity contribution in [2.24, 2.45) is 0 Å². The maximum Gasteiger partial charge on any atom is 0.239 e. The van der Waals surface area contributed by atoms with Gasteiger partial charge in [-0.15, -0.1) is 0 Å². The van der Waals surface area contributed by atoms with Crippen molar-refractivity contribution in [2.45, 2.75) is 32.1 Å². The highest BCUT2D eigenvalue weighted by Crippen LogP contribution is 2.19. The summed E-state index contributed by atoms with van der Waals surface area (Å²) in [6.07, 6.45) is 13.1. The summed E-state index contributed by atoms with van der Waals surface area (Å²) in [7, 11) is 0. The van der Waals surface area contributed by atoms with Crippen LogP contribution in [0, 0.1) is 0 Å². The quantitative estimate of drug-likeness (QED) is 0.605. The van der Waals surface area contributed by atoms with Gasteiger partial charge in [-0.3, -0.25) is 9.78 Å². The molecule has 5 heteroatoms. The van der Waals surface area contributed by atoms with Crippen molar-refractivity contribution in [3.8, 4) is 0 Å². The molecule has 2 N–H and O–H groups in total. The van der Waals surface area contributed by atoms with Crippen molar-refractivity contribution in [3.05, 3.63) is 30.2 Å². The average molecular weight is 260 g/mol. The summed E-state index contributed by atoms with van der Waals surface area (Å²) in [6, 6.07) is 0. The topological polar surface area (TPSA) is 66.9 Å². The lowest BCUT2D eigenvalue weighted by Gasteiger charge is -2.12. The molecule has 1 aromatic rings. The van der Waals surface area contributed by atoms with Crippen LogP contribution in [0.1, 0.15) is 32.1 Å². The van der Waals surface area contributed by atoms with Gasteiger partial charge in [0.25, 0.3) is 0 Å². The molecule has 0 aliphatic heterocycles. The number of carbonyl (C=O) groups excluding carboxylic acids is 1. The molecule has 0 radical (unpaired) electrons. The van der Waals surface area contributed by atoms with Crippen LogP contribution in [-0.4, -0.2) is 29.0 Å². The average Bonchev–Trinajstić information content (AvgIpc) is 2.46. The number of nitrogens with zero attached hydrogens (tertiary/aromatic N) is 2. The Hall–Kier alpha value is -1.75. The van der Waals surface area contributed by atoms with Crippen LogP contribution in [0.5, 0.6) is 0 Å². The van der Waals surface area contributed by atoms with E-state index in [0.29, 0.717) is 12.4 Å². The Balaban J connectivity index is 1.60. The van der Waals surface area contributed by atoms with Gasteiger partial charge in [-0.25, -0.2) is 4.98 Å². The van der Waals surface area contributed by atoms with E-state index in [9.17, 15) is 4.79 Å². The molecule has 1 heterocycles. The van der Waals surface area contributed by atoms with Gasteiger partial charge in [0.05, 0.1) is 12.7 Å². The van der Waals surface area contributed by atoms with Crippen molar-refractivity contribution in [3.63, 3.8) is 0 Å². The lowest BCUT2D eigenvalue weighted by atomic mass is 9.97. The molecular formula is C14H20N4O. The van der Waals surface area contributed by atoms with Crippen LogP contribution in [0.4, 0.5) is 5.82 Å². The molecule has 0 aromatic carbocycles. The van der Waals surface area contributed by atoms with E-state index in [2.05, 4.69) is 26.7 Å². The van der Waals surface area contributed by atoms with Crippen LogP contribution in [0.2, 0.25) is 0 Å². The second-order valence-corrected chi connectivity index (χ2v) is 4.67. The van der Waals surface area contributed by atoms with Crippen LogP contribution in [0.15, 0.2) is 30.2 Å². The van der Waals surface area contributed by atoms with Crippen molar-refractivity contribution in [2.75, 3.05) is 18.4 Å². The Kier molecular flexibility index (Phi) is 5.49. The number of amides is 1. The Morgan fingerprint density at radius 3 is 3.00 bits per heavy atom. The third-order valence-corrected chi connectivity index (χ3v) is 3.12. The van der Waals surface area contributed by atoms with Crippen LogP contribution in [-0.2, 0) is 4.79 Å². The third-order valence-electron chi connectivity index (χ3n) is 3.12. The highest BCUT2D eigenvalue weighted by molar-refractivity contribution is 5.91. The molecule has 0 saturated carbocycles. The standard InChI is InChI=1S/C14H20N4O/c19-14(18-13-10-16-8-9-17-13)11-15-7-6-12-4-2-1-3-5-12/h4,8-10,15H,1-3,5-7,11H2,(H,17,18,19). The van der Waals surface area contributed by atoms with Gasteiger partial charge >= 0.3 is 0 Å². The second kappa shape index (κ2) is 7.63. The van der Waals surface area contributed by atoms with Gasteiger partial charge in [0.1, 0.15) is 0 Å². The highest BCUT2D eigenvalue weighted by Gasteiger charge is 2.05. The van der Waals surface area contributed by atoms with E-state index in [-0.39, 0.29) is 5.91 Å². The van der Waals surface area contributed by atoms with Crippen LogP contribution >= 0.6 is 0 Å². The Morgan fingerprint density at radius 1 is 1.32 bits per heavy atom. The summed E-state index contributed by atoms with van der Waals surface area (Å²) in [4.78, 5) is 19.5. The summed E-state index contributed by atoms with van der Waals surface area (Å²) in [6.45, 7) is 1.16. The maximum absolute atomic E-state index is 11.6. The van der Waals surface area contributed by atoms with Gasteiger partial charge < -0.3 is 10.6 Å². The first-order chi connectivity index (χ1) is 9.34. The van der Waals surface area contributed by atoms with Gasteiger partial charge in [-0.05, 0) is 38.6 Å². The predicted octanol–water partition coefficient (Wildman–Crippen LogP) is 1.90. The van der Waals surface area contributed by atoms with Crippen LogP contribution < -0.4 is 10.6 Å². The lowest BCUT2D eigenvalue weighted by molar-refractivity contribution is -0.115. The fourth-order valence-corrected chi connectivity index (χ4v) is 2.13. The number of hydrogen-bond acceptors (Lipinski definition) is 4. The van der Waals surface area contributed by atoms with E-state index in [0.717, 1.165) is 13.0 Å². The zero-order chi connectivity index (χ0) is 13.3. The monoisotopic (exact) mass is 260 g/mol.